The molecule has 4 N–H and O–H groups in total. The van der Waals surface area contributed by atoms with Crippen LogP contribution in [-0.4, -0.2) is 123 Å². The highest BCUT2D eigenvalue weighted by Crippen LogP contribution is 2.31. The van der Waals surface area contributed by atoms with Crippen molar-refractivity contribution < 1.29 is 23.8 Å². The van der Waals surface area contributed by atoms with Crippen LogP contribution in [0.3, 0.4) is 0 Å². The zero-order valence-corrected chi connectivity index (χ0v) is 33.4. The molecule has 0 radical (unpaired) electrons. The van der Waals surface area contributed by atoms with Crippen LogP contribution in [-0.2, 0) is 39.1 Å². The van der Waals surface area contributed by atoms with Crippen molar-refractivity contribution in [1.82, 2.24) is 44.6 Å². The maximum absolute atomic E-state index is 12.4. The van der Waals surface area contributed by atoms with E-state index in [1.54, 1.807) is 28.2 Å². The summed E-state index contributed by atoms with van der Waals surface area (Å²) in [6, 6.07) is 9.21. The van der Waals surface area contributed by atoms with E-state index in [2.05, 4.69) is 35.9 Å². The number of aromatic nitrogens is 8. The lowest BCUT2D eigenvalue weighted by Gasteiger charge is -2.29. The normalized spacial score (nSPS) is 14.2. The highest BCUT2D eigenvalue weighted by Gasteiger charge is 2.23. The molecule has 6 aromatic rings. The number of imidazole rings is 2. The Hall–Kier alpha value is -5.69. The van der Waals surface area contributed by atoms with Crippen molar-refractivity contribution in [2.24, 2.45) is 7.05 Å². The minimum absolute atomic E-state index is 0.0632. The molecular weight excluding hydrogens is 789 g/mol. The Morgan fingerprint density at radius 2 is 1.90 bits per heavy atom. The fourth-order valence-corrected chi connectivity index (χ4v) is 7.30. The molecule has 2 aliphatic heterocycles. The molecule has 2 amide bonds. The number of amides is 2. The number of aromatic amines is 1. The lowest BCUT2D eigenvalue weighted by molar-refractivity contribution is -0.123. The average Bonchev–Trinajstić information content (AvgIpc) is 3.99. The Labute approximate surface area is 343 Å². The second kappa shape index (κ2) is 17.8. The van der Waals surface area contributed by atoms with Gasteiger partial charge in [-0.05, 0) is 48.7 Å². The minimum Gasteiger partial charge on any atom is -0.484 e. The second-order valence-corrected chi connectivity index (χ2v) is 14.4. The summed E-state index contributed by atoms with van der Waals surface area (Å²) >= 11 is 12.4. The molecule has 304 valence electrons. The van der Waals surface area contributed by atoms with Gasteiger partial charge in [0.05, 0.1) is 66.6 Å². The zero-order chi connectivity index (χ0) is 40.0. The number of H-pyrrole nitrogens is 1. The first kappa shape index (κ1) is 39.2. The number of anilines is 4. The molecule has 0 saturated carbocycles. The first-order chi connectivity index (χ1) is 28.3. The first-order valence-corrected chi connectivity index (χ1v) is 19.9. The van der Waals surface area contributed by atoms with Gasteiger partial charge in [-0.25, -0.2) is 9.97 Å². The number of ether oxygens (including phenoxy) is 3. The molecule has 4 aromatic heterocycles. The number of carbonyl (C=O) groups excluding carboxylic acids is 2. The summed E-state index contributed by atoms with van der Waals surface area (Å²) in [5, 5.41) is 14.4. The Morgan fingerprint density at radius 1 is 1.03 bits per heavy atom. The van der Waals surface area contributed by atoms with Gasteiger partial charge in [-0.3, -0.25) is 18.8 Å². The van der Waals surface area contributed by atoms with Gasteiger partial charge in [-0.15, -0.1) is 11.6 Å². The Kier molecular flexibility index (Phi) is 12.0. The number of hydrogen-bond acceptors (Lipinski definition) is 13. The van der Waals surface area contributed by atoms with Crippen molar-refractivity contribution in [3.8, 4) is 11.4 Å². The number of fused-ring (bicyclic) bond motifs is 3. The number of benzene rings is 2. The number of carbonyl (C=O) groups is 2. The van der Waals surface area contributed by atoms with Gasteiger partial charge in [0.25, 0.3) is 5.91 Å². The Balaban J connectivity index is 0.805. The third kappa shape index (κ3) is 8.89. The highest BCUT2D eigenvalue weighted by atomic mass is 35.5. The number of rotatable bonds is 16. The predicted octanol–water partition coefficient (Wildman–Crippen LogP) is 3.67. The zero-order valence-electron chi connectivity index (χ0n) is 31.8. The third-order valence-electron chi connectivity index (χ3n) is 9.78. The minimum atomic E-state index is -0.258. The van der Waals surface area contributed by atoms with Gasteiger partial charge in [-0.2, -0.15) is 15.1 Å². The van der Waals surface area contributed by atoms with E-state index in [4.69, 9.17) is 52.4 Å². The van der Waals surface area contributed by atoms with Crippen LogP contribution >= 0.6 is 23.2 Å². The van der Waals surface area contributed by atoms with Crippen molar-refractivity contribution in [3.63, 3.8) is 0 Å². The number of halogens is 2. The van der Waals surface area contributed by atoms with Gasteiger partial charge in [0.15, 0.2) is 23.6 Å². The molecule has 2 aliphatic rings. The van der Waals surface area contributed by atoms with Crippen molar-refractivity contribution in [2.45, 2.75) is 19.4 Å². The van der Waals surface area contributed by atoms with Crippen molar-refractivity contribution >= 4 is 80.4 Å². The van der Waals surface area contributed by atoms with Gasteiger partial charge in [-0.1, -0.05) is 11.6 Å². The summed E-state index contributed by atoms with van der Waals surface area (Å²) in [5.74, 6) is 2.00. The first-order valence-electron chi connectivity index (χ1n) is 19.0. The summed E-state index contributed by atoms with van der Waals surface area (Å²) in [5.41, 5.74) is 6.24. The molecule has 0 spiro atoms. The maximum atomic E-state index is 12.4. The topological polar surface area (TPSA) is 194 Å². The van der Waals surface area contributed by atoms with E-state index in [0.717, 1.165) is 46.5 Å². The SMILES string of the molecule is Cn1cc(-n2cnc3c(NCc4nc5cc(NCCOCCNC(=O)COc6ccc7c(c6)CCCN7C(=O)CCl)c(Cl)cc5[nH]4)nc(N4CCOCC4)nc32)cn1. The van der Waals surface area contributed by atoms with E-state index >= 15 is 0 Å². The van der Waals surface area contributed by atoms with E-state index in [9.17, 15) is 9.59 Å². The lowest BCUT2D eigenvalue weighted by atomic mass is 10.0. The van der Waals surface area contributed by atoms with Crippen molar-refractivity contribution in [3.05, 3.63) is 65.5 Å². The largest absolute Gasteiger partial charge is 0.484 e. The second-order valence-electron chi connectivity index (χ2n) is 13.8. The molecule has 2 aromatic carbocycles. The number of aryl methyl sites for hydroxylation is 2. The molecule has 58 heavy (non-hydrogen) atoms. The van der Waals surface area contributed by atoms with Gasteiger partial charge in [0.1, 0.15) is 23.8 Å². The molecule has 18 nitrogen and oxygen atoms in total. The molecule has 0 bridgehead atoms. The fraction of sp³-hybridized carbons (Fsp3) is 0.395. The van der Waals surface area contributed by atoms with Crippen LogP contribution in [0.2, 0.25) is 5.02 Å². The third-order valence-corrected chi connectivity index (χ3v) is 10.3. The van der Waals surface area contributed by atoms with Gasteiger partial charge in [0, 0.05) is 51.7 Å². The number of hydrogen-bond donors (Lipinski definition) is 4. The summed E-state index contributed by atoms with van der Waals surface area (Å²) in [6.45, 7) is 5.00. The van der Waals surface area contributed by atoms with Crippen LogP contribution in [0.4, 0.5) is 23.1 Å². The highest BCUT2D eigenvalue weighted by molar-refractivity contribution is 6.34. The molecular formula is C38H43Cl2N13O5. The molecule has 8 rings (SSSR count). The number of nitrogens with one attached hydrogen (secondary N) is 4. The molecule has 0 aliphatic carbocycles. The van der Waals surface area contributed by atoms with Crippen molar-refractivity contribution in [1.29, 1.82) is 0 Å². The summed E-state index contributed by atoms with van der Waals surface area (Å²) in [4.78, 5) is 50.9. The van der Waals surface area contributed by atoms with E-state index in [1.165, 1.54) is 0 Å². The molecule has 6 heterocycles. The van der Waals surface area contributed by atoms with E-state index in [1.807, 2.05) is 42.1 Å². The molecule has 1 fully saturated rings. The number of morpholine rings is 1. The van der Waals surface area contributed by atoms with Gasteiger partial charge in [0.2, 0.25) is 11.9 Å². The van der Waals surface area contributed by atoms with Crippen LogP contribution in [0.15, 0.2) is 49.1 Å². The average molecular weight is 833 g/mol. The maximum Gasteiger partial charge on any atom is 0.258 e. The Morgan fingerprint density at radius 3 is 2.72 bits per heavy atom. The summed E-state index contributed by atoms with van der Waals surface area (Å²) < 4.78 is 20.6. The van der Waals surface area contributed by atoms with E-state index in [0.29, 0.717) is 105 Å². The predicted molar refractivity (Wildman–Crippen MR) is 221 cm³/mol. The molecule has 0 atom stereocenters. The van der Waals surface area contributed by atoms with Crippen LogP contribution in [0.25, 0.3) is 27.9 Å². The quantitative estimate of drug-likeness (QED) is 0.0817. The van der Waals surface area contributed by atoms with Crippen LogP contribution in [0, 0.1) is 0 Å². The molecule has 20 heteroatoms. The van der Waals surface area contributed by atoms with Crippen LogP contribution < -0.4 is 30.5 Å². The fourth-order valence-electron chi connectivity index (χ4n) is 6.93. The number of nitrogens with zero attached hydrogens (tertiary/aromatic N) is 9. The Bertz CT molecular complexity index is 2410. The number of alkyl halides is 1. The summed E-state index contributed by atoms with van der Waals surface area (Å²) in [6.07, 6.45) is 7.07. The van der Waals surface area contributed by atoms with Crippen LogP contribution in [0.5, 0.6) is 5.75 Å². The van der Waals surface area contributed by atoms with Gasteiger partial charge < -0.3 is 44.9 Å². The van der Waals surface area contributed by atoms with Crippen molar-refractivity contribution in [2.75, 3.05) is 92.1 Å². The molecule has 1 saturated heterocycles. The summed E-state index contributed by atoms with van der Waals surface area (Å²) in [7, 11) is 1.87. The molecule has 0 unspecified atom stereocenters. The van der Waals surface area contributed by atoms with E-state index < -0.39 is 0 Å². The lowest BCUT2D eigenvalue weighted by Crippen LogP contribution is -2.37. The van der Waals surface area contributed by atoms with E-state index in [-0.39, 0.29) is 24.3 Å². The smallest absolute Gasteiger partial charge is 0.258 e. The standard InChI is InChI=1S/C38H43Cl2N13O5/c1-50-21-25(19-45-50)53-23-44-35-36(48-38(49-37(35)53)51-9-13-57-14-10-51)43-20-32-46-29-16-27(40)28(17-30(29)47-32)41-6-11-56-12-7-42-33(54)22-58-26-4-5-31-24(15-26)3-2-8-52(31)34(55)18-39/h4-5,15-17,19,21,23,41H,2-3,6-14,18,20,22H2,1H3,(H,42,54)(H,46,47)(H,43,48,49). The monoisotopic (exact) mass is 831 g/mol. The van der Waals surface area contributed by atoms with Crippen LogP contribution in [0.1, 0.15) is 17.8 Å². The van der Waals surface area contributed by atoms with Gasteiger partial charge >= 0.3 is 0 Å².